The Balaban J connectivity index is 1.85. The van der Waals surface area contributed by atoms with E-state index in [2.05, 4.69) is 31.2 Å². The van der Waals surface area contributed by atoms with E-state index in [-0.39, 0.29) is 16.9 Å². The van der Waals surface area contributed by atoms with Crippen LogP contribution < -0.4 is 5.32 Å². The molecule has 1 amide bonds. The van der Waals surface area contributed by atoms with Crippen LogP contribution in [-0.4, -0.2) is 16.2 Å². The zero-order valence-electron chi connectivity index (χ0n) is 14.0. The normalized spacial score (nSPS) is 17.4. The lowest BCUT2D eigenvalue weighted by Crippen LogP contribution is -2.27. The number of nitrogens with zero attached hydrogens (tertiary/aromatic N) is 1. The summed E-state index contributed by atoms with van der Waals surface area (Å²) < 4.78 is 5.36. The van der Waals surface area contributed by atoms with Gasteiger partial charge in [0.1, 0.15) is 11.5 Å². The monoisotopic (exact) mass is 348 g/mol. The number of phenolic OH excluding ortho intramolecular Hbond substituents is 1. The van der Waals surface area contributed by atoms with Gasteiger partial charge in [0.05, 0.1) is 5.69 Å². The molecule has 1 aliphatic rings. The molecule has 0 spiro atoms. The molecular weight excluding hydrogens is 328 g/mol. The number of hydrogen-bond donors (Lipinski definition) is 2. The van der Waals surface area contributed by atoms with Crippen LogP contribution in [0, 0.1) is 11.3 Å². The summed E-state index contributed by atoms with van der Waals surface area (Å²) in [6, 6.07) is 4.49. The molecule has 1 heterocycles. The van der Waals surface area contributed by atoms with E-state index in [0.29, 0.717) is 16.6 Å². The Morgan fingerprint density at radius 2 is 2.17 bits per heavy atom. The fraction of sp³-hybridized carbons (Fsp3) is 0.444. The maximum atomic E-state index is 12.6. The summed E-state index contributed by atoms with van der Waals surface area (Å²) in [7, 11) is 0. The van der Waals surface area contributed by atoms with Gasteiger partial charge in [0.15, 0.2) is 5.69 Å². The van der Waals surface area contributed by atoms with E-state index in [1.807, 2.05) is 0 Å². The van der Waals surface area contributed by atoms with Gasteiger partial charge in [-0.3, -0.25) is 4.79 Å². The molecular formula is C18H21ClN2O3. The third-order valence-corrected chi connectivity index (χ3v) is 4.92. The van der Waals surface area contributed by atoms with E-state index < -0.39 is 5.91 Å². The topological polar surface area (TPSA) is 75.4 Å². The predicted molar refractivity (Wildman–Crippen MR) is 92.5 cm³/mol. The summed E-state index contributed by atoms with van der Waals surface area (Å²) >= 11 is 5.91. The van der Waals surface area contributed by atoms with Crippen molar-refractivity contribution in [3.8, 4) is 5.75 Å². The Morgan fingerprint density at radius 3 is 2.88 bits per heavy atom. The van der Waals surface area contributed by atoms with Crippen LogP contribution in [0.3, 0.4) is 0 Å². The first kappa shape index (κ1) is 16.8. The van der Waals surface area contributed by atoms with Gasteiger partial charge in [-0.2, -0.15) is 0 Å². The number of halogens is 1. The van der Waals surface area contributed by atoms with E-state index in [4.69, 9.17) is 16.1 Å². The molecule has 128 valence electrons. The van der Waals surface area contributed by atoms with E-state index >= 15 is 0 Å². The minimum absolute atomic E-state index is 0.0438. The van der Waals surface area contributed by atoms with Crippen molar-refractivity contribution < 1.29 is 14.4 Å². The number of aromatic hydroxyl groups is 1. The number of hydrogen-bond acceptors (Lipinski definition) is 4. The van der Waals surface area contributed by atoms with Gasteiger partial charge >= 0.3 is 0 Å². The highest BCUT2D eigenvalue weighted by molar-refractivity contribution is 6.31. The van der Waals surface area contributed by atoms with Crippen LogP contribution in [0.4, 0.5) is 5.69 Å². The lowest BCUT2D eigenvalue weighted by molar-refractivity contribution is 0.101. The Hall–Kier alpha value is -2.01. The molecule has 3 rings (SSSR count). The van der Waals surface area contributed by atoms with Gasteiger partial charge in [-0.1, -0.05) is 37.5 Å². The van der Waals surface area contributed by atoms with Gasteiger partial charge in [0, 0.05) is 17.0 Å². The average molecular weight is 349 g/mol. The minimum atomic E-state index is -0.396. The van der Waals surface area contributed by atoms with Crippen molar-refractivity contribution >= 4 is 23.2 Å². The van der Waals surface area contributed by atoms with Crippen LogP contribution in [-0.2, 0) is 12.8 Å². The molecule has 2 aromatic rings. The van der Waals surface area contributed by atoms with Gasteiger partial charge in [-0.15, -0.1) is 0 Å². The van der Waals surface area contributed by atoms with Crippen molar-refractivity contribution in [2.24, 2.45) is 11.3 Å². The average Bonchev–Trinajstić information content (AvgIpc) is 2.93. The largest absolute Gasteiger partial charge is 0.506 e. The Bertz CT molecular complexity index is 777. The number of aromatic nitrogens is 1. The minimum Gasteiger partial charge on any atom is -0.506 e. The number of aryl methyl sites for hydroxylation is 1. The Kier molecular flexibility index (Phi) is 4.30. The SMILES string of the molecule is CC(C)(C)[C@H]1CCc2onc(C(=O)Nc3cc(Cl)ccc3O)c2C1. The third-order valence-electron chi connectivity index (χ3n) is 4.69. The van der Waals surface area contributed by atoms with Gasteiger partial charge in [-0.05, 0) is 42.4 Å². The molecule has 0 saturated heterocycles. The molecule has 2 N–H and O–H groups in total. The first-order valence-electron chi connectivity index (χ1n) is 8.03. The summed E-state index contributed by atoms with van der Waals surface area (Å²) in [6.07, 6.45) is 2.59. The van der Waals surface area contributed by atoms with Crippen molar-refractivity contribution in [2.75, 3.05) is 5.32 Å². The Labute approximate surface area is 146 Å². The molecule has 5 nitrogen and oxygen atoms in total. The van der Waals surface area contributed by atoms with E-state index in [1.54, 1.807) is 6.07 Å². The van der Waals surface area contributed by atoms with Crippen molar-refractivity contribution in [1.82, 2.24) is 5.16 Å². The summed E-state index contributed by atoms with van der Waals surface area (Å²) in [5.41, 5.74) is 1.58. The number of nitrogens with one attached hydrogen (secondary N) is 1. The second kappa shape index (κ2) is 6.13. The zero-order valence-corrected chi connectivity index (χ0v) is 14.8. The number of fused-ring (bicyclic) bond motifs is 1. The van der Waals surface area contributed by atoms with Crippen LogP contribution in [0.15, 0.2) is 22.7 Å². The highest BCUT2D eigenvalue weighted by atomic mass is 35.5. The first-order chi connectivity index (χ1) is 11.3. The molecule has 0 bridgehead atoms. The highest BCUT2D eigenvalue weighted by Gasteiger charge is 2.34. The smallest absolute Gasteiger partial charge is 0.278 e. The standard InChI is InChI=1S/C18H21ClN2O3/c1-18(2,3)10-4-7-15-12(8-10)16(21-24-15)17(23)20-13-9-11(19)5-6-14(13)22/h5-6,9-10,22H,4,7-8H2,1-3H3,(H,20,23)/t10-/m0/s1. The van der Waals surface area contributed by atoms with E-state index in [0.717, 1.165) is 30.6 Å². The second-order valence-electron chi connectivity index (χ2n) is 7.35. The fourth-order valence-corrected chi connectivity index (χ4v) is 3.28. The number of rotatable bonds is 2. The predicted octanol–water partition coefficient (Wildman–Crippen LogP) is 4.44. The zero-order chi connectivity index (χ0) is 17.5. The number of benzene rings is 1. The quantitative estimate of drug-likeness (QED) is 0.787. The molecule has 0 fully saturated rings. The van der Waals surface area contributed by atoms with Crippen molar-refractivity contribution in [3.63, 3.8) is 0 Å². The molecule has 0 radical (unpaired) electrons. The Morgan fingerprint density at radius 1 is 1.42 bits per heavy atom. The lowest BCUT2D eigenvalue weighted by Gasteiger charge is -2.33. The van der Waals surface area contributed by atoms with Crippen LogP contribution in [0.2, 0.25) is 5.02 Å². The van der Waals surface area contributed by atoms with Crippen LogP contribution in [0.25, 0.3) is 0 Å². The second-order valence-corrected chi connectivity index (χ2v) is 7.79. The molecule has 0 unspecified atom stereocenters. The molecule has 0 saturated carbocycles. The maximum Gasteiger partial charge on any atom is 0.278 e. The van der Waals surface area contributed by atoms with Gasteiger partial charge < -0.3 is 14.9 Å². The van der Waals surface area contributed by atoms with Gasteiger partial charge in [0.25, 0.3) is 5.91 Å². The van der Waals surface area contributed by atoms with Gasteiger partial charge in [0.2, 0.25) is 0 Å². The summed E-state index contributed by atoms with van der Waals surface area (Å²) in [5, 5.41) is 16.9. The molecule has 6 heteroatoms. The van der Waals surface area contributed by atoms with Crippen molar-refractivity contribution in [1.29, 1.82) is 0 Å². The number of carbonyl (C=O) groups is 1. The lowest BCUT2D eigenvalue weighted by atomic mass is 9.71. The number of amides is 1. The molecule has 1 aromatic heterocycles. The summed E-state index contributed by atoms with van der Waals surface area (Å²) in [6.45, 7) is 6.62. The van der Waals surface area contributed by atoms with Gasteiger partial charge in [-0.25, -0.2) is 0 Å². The van der Waals surface area contributed by atoms with E-state index in [9.17, 15) is 9.90 Å². The van der Waals surface area contributed by atoms with Crippen LogP contribution in [0.5, 0.6) is 5.75 Å². The molecule has 1 aliphatic carbocycles. The number of anilines is 1. The van der Waals surface area contributed by atoms with Crippen LogP contribution in [0.1, 0.15) is 49.0 Å². The molecule has 0 aliphatic heterocycles. The van der Waals surface area contributed by atoms with Crippen molar-refractivity contribution in [2.45, 2.75) is 40.0 Å². The first-order valence-corrected chi connectivity index (χ1v) is 8.41. The number of phenols is 1. The molecule has 1 aromatic carbocycles. The molecule has 1 atom stereocenters. The maximum absolute atomic E-state index is 12.6. The van der Waals surface area contributed by atoms with Crippen molar-refractivity contribution in [3.05, 3.63) is 40.2 Å². The molecule has 24 heavy (non-hydrogen) atoms. The highest BCUT2D eigenvalue weighted by Crippen LogP contribution is 2.38. The fourth-order valence-electron chi connectivity index (χ4n) is 3.11. The van der Waals surface area contributed by atoms with Crippen LogP contribution >= 0.6 is 11.6 Å². The third kappa shape index (κ3) is 3.26. The number of carbonyl (C=O) groups excluding carboxylic acids is 1. The summed E-state index contributed by atoms with van der Waals surface area (Å²) in [4.78, 5) is 12.6. The van der Waals surface area contributed by atoms with E-state index in [1.165, 1.54) is 12.1 Å². The summed E-state index contributed by atoms with van der Waals surface area (Å²) in [5.74, 6) is 0.816.